The van der Waals surface area contributed by atoms with Gasteiger partial charge < -0.3 is 10.5 Å². The second-order valence-corrected chi connectivity index (χ2v) is 3.60. The highest BCUT2D eigenvalue weighted by molar-refractivity contribution is 5.21. The van der Waals surface area contributed by atoms with Gasteiger partial charge in [-0.3, -0.25) is 0 Å². The maximum atomic E-state index is 5.57. The predicted octanol–water partition coefficient (Wildman–Crippen LogP) is 1.56. The number of benzene rings is 1. The first kappa shape index (κ1) is 11.5. The van der Waals surface area contributed by atoms with E-state index in [2.05, 4.69) is 9.97 Å². The molecule has 0 radical (unpaired) electrons. The molecule has 0 bridgehead atoms. The van der Waals surface area contributed by atoms with Gasteiger partial charge in [-0.2, -0.15) is 0 Å². The van der Waals surface area contributed by atoms with Crippen molar-refractivity contribution in [1.82, 2.24) is 9.97 Å². The van der Waals surface area contributed by atoms with E-state index in [0.29, 0.717) is 19.0 Å². The second kappa shape index (κ2) is 5.96. The van der Waals surface area contributed by atoms with Crippen LogP contribution in [0.3, 0.4) is 0 Å². The number of rotatable bonds is 5. The largest absolute Gasteiger partial charge is 0.486 e. The van der Waals surface area contributed by atoms with Gasteiger partial charge in [-0.25, -0.2) is 9.97 Å². The zero-order valence-corrected chi connectivity index (χ0v) is 9.54. The quantitative estimate of drug-likeness (QED) is 0.845. The summed E-state index contributed by atoms with van der Waals surface area (Å²) in [4.78, 5) is 8.52. The number of para-hydroxylation sites is 1. The van der Waals surface area contributed by atoms with Crippen LogP contribution in [0.15, 0.2) is 42.6 Å². The first-order chi connectivity index (χ1) is 8.38. The normalized spacial score (nSPS) is 10.2. The molecule has 1 aromatic heterocycles. The standard InChI is InChI=1S/C13H15N3O/c14-8-6-11-7-9-15-13(16-11)10-17-12-4-2-1-3-5-12/h1-5,7,9H,6,8,10,14H2. The molecule has 17 heavy (non-hydrogen) atoms. The van der Waals surface area contributed by atoms with E-state index in [1.807, 2.05) is 36.4 Å². The molecule has 2 rings (SSSR count). The monoisotopic (exact) mass is 229 g/mol. The Morgan fingerprint density at radius 2 is 1.94 bits per heavy atom. The van der Waals surface area contributed by atoms with E-state index in [1.165, 1.54) is 0 Å². The van der Waals surface area contributed by atoms with Gasteiger partial charge in [0.1, 0.15) is 12.4 Å². The van der Waals surface area contributed by atoms with E-state index in [9.17, 15) is 0 Å². The van der Waals surface area contributed by atoms with Crippen molar-refractivity contribution in [3.8, 4) is 5.75 Å². The van der Waals surface area contributed by atoms with Crippen molar-refractivity contribution in [1.29, 1.82) is 0 Å². The van der Waals surface area contributed by atoms with Crippen LogP contribution in [0.5, 0.6) is 5.75 Å². The molecule has 0 unspecified atom stereocenters. The Morgan fingerprint density at radius 1 is 1.12 bits per heavy atom. The molecule has 0 saturated carbocycles. The van der Waals surface area contributed by atoms with Gasteiger partial charge >= 0.3 is 0 Å². The third-order valence-electron chi connectivity index (χ3n) is 2.27. The van der Waals surface area contributed by atoms with E-state index in [0.717, 1.165) is 17.9 Å². The van der Waals surface area contributed by atoms with E-state index >= 15 is 0 Å². The maximum Gasteiger partial charge on any atom is 0.166 e. The SMILES string of the molecule is NCCc1ccnc(COc2ccccc2)n1. The van der Waals surface area contributed by atoms with Crippen LogP contribution in [0, 0.1) is 0 Å². The van der Waals surface area contributed by atoms with Crippen LogP contribution in [0.25, 0.3) is 0 Å². The molecule has 0 aliphatic rings. The minimum Gasteiger partial charge on any atom is -0.486 e. The Balaban J connectivity index is 1.97. The van der Waals surface area contributed by atoms with Gasteiger partial charge in [-0.05, 0) is 24.7 Å². The van der Waals surface area contributed by atoms with Gasteiger partial charge in [0.15, 0.2) is 5.82 Å². The molecule has 0 aliphatic carbocycles. The molecular formula is C13H15N3O. The number of hydrogen-bond acceptors (Lipinski definition) is 4. The minimum atomic E-state index is 0.377. The molecule has 0 saturated heterocycles. The molecule has 0 amide bonds. The lowest BCUT2D eigenvalue weighted by Crippen LogP contribution is -2.08. The second-order valence-electron chi connectivity index (χ2n) is 3.60. The molecule has 0 aliphatic heterocycles. The Bertz CT molecular complexity index is 459. The lowest BCUT2D eigenvalue weighted by atomic mass is 10.3. The van der Waals surface area contributed by atoms with Crippen molar-refractivity contribution in [3.63, 3.8) is 0 Å². The number of nitrogens with zero attached hydrogens (tertiary/aromatic N) is 2. The summed E-state index contributed by atoms with van der Waals surface area (Å²) < 4.78 is 5.57. The third-order valence-corrected chi connectivity index (χ3v) is 2.27. The fraction of sp³-hybridized carbons (Fsp3) is 0.231. The average molecular weight is 229 g/mol. The molecule has 88 valence electrons. The van der Waals surface area contributed by atoms with Gasteiger partial charge in [-0.15, -0.1) is 0 Å². The molecule has 4 heteroatoms. The number of aromatic nitrogens is 2. The van der Waals surface area contributed by atoms with Crippen LogP contribution in [0.2, 0.25) is 0 Å². The van der Waals surface area contributed by atoms with Gasteiger partial charge in [0.05, 0.1) is 0 Å². The van der Waals surface area contributed by atoms with Gasteiger partial charge in [-0.1, -0.05) is 18.2 Å². The number of hydrogen-bond donors (Lipinski definition) is 1. The number of nitrogens with two attached hydrogens (primary N) is 1. The van der Waals surface area contributed by atoms with E-state index in [1.54, 1.807) is 6.20 Å². The average Bonchev–Trinajstić information content (AvgIpc) is 2.39. The van der Waals surface area contributed by atoms with Crippen LogP contribution in [-0.2, 0) is 13.0 Å². The Labute approximate surface area is 100 Å². The molecule has 1 heterocycles. The predicted molar refractivity (Wildman–Crippen MR) is 65.6 cm³/mol. The van der Waals surface area contributed by atoms with Crippen molar-refractivity contribution in [2.75, 3.05) is 6.54 Å². The summed E-state index contributed by atoms with van der Waals surface area (Å²) >= 11 is 0. The maximum absolute atomic E-state index is 5.57. The van der Waals surface area contributed by atoms with Crippen LogP contribution in [0.1, 0.15) is 11.5 Å². The highest BCUT2D eigenvalue weighted by atomic mass is 16.5. The molecule has 4 nitrogen and oxygen atoms in total. The summed E-state index contributed by atoms with van der Waals surface area (Å²) in [6.45, 7) is 0.971. The van der Waals surface area contributed by atoms with Crippen molar-refractivity contribution in [2.24, 2.45) is 5.73 Å². The molecule has 2 aromatic rings. The molecule has 0 fully saturated rings. The van der Waals surface area contributed by atoms with Crippen LogP contribution in [0.4, 0.5) is 0 Å². The molecule has 0 atom stereocenters. The molecule has 2 N–H and O–H groups in total. The summed E-state index contributed by atoms with van der Waals surface area (Å²) in [5.41, 5.74) is 6.44. The van der Waals surface area contributed by atoms with Crippen molar-refractivity contribution in [2.45, 2.75) is 13.0 Å². The van der Waals surface area contributed by atoms with Gasteiger partial charge in [0.2, 0.25) is 0 Å². The van der Waals surface area contributed by atoms with Crippen LogP contribution >= 0.6 is 0 Å². The van der Waals surface area contributed by atoms with E-state index in [4.69, 9.17) is 10.5 Å². The zero-order valence-electron chi connectivity index (χ0n) is 9.54. The Kier molecular flexibility index (Phi) is 4.05. The summed E-state index contributed by atoms with van der Waals surface area (Å²) in [5, 5.41) is 0. The first-order valence-electron chi connectivity index (χ1n) is 5.57. The fourth-order valence-electron chi connectivity index (χ4n) is 1.46. The molecule has 0 spiro atoms. The molecular weight excluding hydrogens is 214 g/mol. The van der Waals surface area contributed by atoms with Crippen molar-refractivity contribution in [3.05, 3.63) is 54.1 Å². The van der Waals surface area contributed by atoms with Crippen LogP contribution in [-0.4, -0.2) is 16.5 Å². The lowest BCUT2D eigenvalue weighted by Gasteiger charge is -2.05. The minimum absolute atomic E-state index is 0.377. The Morgan fingerprint density at radius 3 is 2.71 bits per heavy atom. The summed E-state index contributed by atoms with van der Waals surface area (Å²) in [6, 6.07) is 11.5. The fourth-order valence-corrected chi connectivity index (χ4v) is 1.46. The van der Waals surface area contributed by atoms with Gasteiger partial charge in [0.25, 0.3) is 0 Å². The smallest absolute Gasteiger partial charge is 0.166 e. The van der Waals surface area contributed by atoms with E-state index < -0.39 is 0 Å². The number of ether oxygens (including phenoxy) is 1. The zero-order chi connectivity index (χ0) is 11.9. The molecule has 1 aromatic carbocycles. The van der Waals surface area contributed by atoms with Crippen molar-refractivity contribution < 1.29 is 4.74 Å². The van der Waals surface area contributed by atoms with Crippen molar-refractivity contribution >= 4 is 0 Å². The summed E-state index contributed by atoms with van der Waals surface area (Å²) in [5.74, 6) is 1.50. The topological polar surface area (TPSA) is 61.0 Å². The highest BCUT2D eigenvalue weighted by Gasteiger charge is 2.00. The summed E-state index contributed by atoms with van der Waals surface area (Å²) in [7, 11) is 0. The van der Waals surface area contributed by atoms with Crippen LogP contribution < -0.4 is 10.5 Å². The van der Waals surface area contributed by atoms with Gasteiger partial charge in [0, 0.05) is 18.3 Å². The summed E-state index contributed by atoms with van der Waals surface area (Å²) in [6.07, 6.45) is 2.50. The third kappa shape index (κ3) is 3.53. The van der Waals surface area contributed by atoms with E-state index in [-0.39, 0.29) is 0 Å². The lowest BCUT2D eigenvalue weighted by molar-refractivity contribution is 0.295. The Hall–Kier alpha value is -1.94. The highest BCUT2D eigenvalue weighted by Crippen LogP contribution is 2.10. The first-order valence-corrected chi connectivity index (χ1v) is 5.57.